The van der Waals surface area contributed by atoms with Gasteiger partial charge in [0.25, 0.3) is 5.56 Å². The minimum atomic E-state index is -2.98. The highest BCUT2D eigenvalue weighted by molar-refractivity contribution is 6.32. The van der Waals surface area contributed by atoms with Crippen molar-refractivity contribution >= 4 is 34.1 Å². The first-order chi connectivity index (χ1) is 13.4. The van der Waals surface area contributed by atoms with Gasteiger partial charge in [0.2, 0.25) is 5.91 Å². The van der Waals surface area contributed by atoms with Crippen molar-refractivity contribution in [2.24, 2.45) is 0 Å². The molecule has 146 valence electrons. The molecule has 1 heterocycles. The molecule has 0 unspecified atom stereocenters. The molecule has 0 atom stereocenters. The van der Waals surface area contributed by atoms with E-state index in [1.807, 2.05) is 0 Å². The van der Waals surface area contributed by atoms with Gasteiger partial charge < -0.3 is 15.0 Å². The maximum absolute atomic E-state index is 12.2. The predicted octanol–water partition coefficient (Wildman–Crippen LogP) is 4.14. The summed E-state index contributed by atoms with van der Waals surface area (Å²) >= 11 is 5.85. The third-order valence-electron chi connectivity index (χ3n) is 3.91. The first kappa shape index (κ1) is 19.8. The molecule has 0 saturated heterocycles. The van der Waals surface area contributed by atoms with Gasteiger partial charge in [-0.2, -0.15) is 8.78 Å². The SMILES string of the molecule is O=C(CCCc1nc2ccccc2c(=O)[nH]1)Nc1ccc(OC(F)F)c(Cl)c1. The van der Waals surface area contributed by atoms with E-state index in [1.165, 1.54) is 18.2 Å². The number of aromatic nitrogens is 2. The second kappa shape index (κ2) is 8.79. The Morgan fingerprint density at radius 3 is 2.79 bits per heavy atom. The molecule has 1 amide bonds. The van der Waals surface area contributed by atoms with Gasteiger partial charge in [-0.1, -0.05) is 23.7 Å². The predicted molar refractivity (Wildman–Crippen MR) is 102 cm³/mol. The van der Waals surface area contributed by atoms with Gasteiger partial charge in [0.15, 0.2) is 0 Å². The monoisotopic (exact) mass is 407 g/mol. The van der Waals surface area contributed by atoms with Gasteiger partial charge in [-0.25, -0.2) is 4.98 Å². The van der Waals surface area contributed by atoms with Crippen molar-refractivity contribution in [3.05, 3.63) is 63.7 Å². The average Bonchev–Trinajstić information content (AvgIpc) is 2.64. The van der Waals surface area contributed by atoms with E-state index in [0.717, 1.165) is 0 Å². The third-order valence-corrected chi connectivity index (χ3v) is 4.21. The highest BCUT2D eigenvalue weighted by Gasteiger charge is 2.11. The lowest BCUT2D eigenvalue weighted by Crippen LogP contribution is -2.14. The lowest BCUT2D eigenvalue weighted by Gasteiger charge is -2.09. The minimum absolute atomic E-state index is 0.0314. The van der Waals surface area contributed by atoms with Crippen LogP contribution in [0.2, 0.25) is 5.02 Å². The van der Waals surface area contributed by atoms with Crippen molar-refractivity contribution in [1.29, 1.82) is 0 Å². The molecule has 28 heavy (non-hydrogen) atoms. The van der Waals surface area contributed by atoms with Crippen LogP contribution in [0.3, 0.4) is 0 Å². The van der Waals surface area contributed by atoms with E-state index < -0.39 is 6.61 Å². The number of carbonyl (C=O) groups excluding carboxylic acids is 1. The number of anilines is 1. The first-order valence-corrected chi connectivity index (χ1v) is 8.82. The maximum Gasteiger partial charge on any atom is 0.387 e. The van der Waals surface area contributed by atoms with Gasteiger partial charge in [0.1, 0.15) is 11.6 Å². The number of hydrogen-bond acceptors (Lipinski definition) is 4. The number of nitrogens with zero attached hydrogens (tertiary/aromatic N) is 1. The van der Waals surface area contributed by atoms with Crippen LogP contribution in [0.25, 0.3) is 10.9 Å². The van der Waals surface area contributed by atoms with Crippen molar-refractivity contribution in [2.45, 2.75) is 25.9 Å². The molecule has 2 N–H and O–H groups in total. The molecule has 0 aliphatic carbocycles. The smallest absolute Gasteiger partial charge is 0.387 e. The molecule has 0 bridgehead atoms. The molecule has 3 rings (SSSR count). The number of aryl methyl sites for hydroxylation is 1. The summed E-state index contributed by atoms with van der Waals surface area (Å²) in [6.07, 6.45) is 1.08. The number of benzene rings is 2. The van der Waals surface area contributed by atoms with E-state index in [1.54, 1.807) is 24.3 Å². The van der Waals surface area contributed by atoms with E-state index in [2.05, 4.69) is 20.0 Å². The number of fused-ring (bicyclic) bond motifs is 1. The molecule has 0 aliphatic rings. The second-order valence-corrected chi connectivity index (χ2v) is 6.36. The second-order valence-electron chi connectivity index (χ2n) is 5.96. The van der Waals surface area contributed by atoms with Crippen molar-refractivity contribution in [1.82, 2.24) is 9.97 Å². The lowest BCUT2D eigenvalue weighted by molar-refractivity contribution is -0.116. The highest BCUT2D eigenvalue weighted by Crippen LogP contribution is 2.29. The molecule has 6 nitrogen and oxygen atoms in total. The van der Waals surface area contributed by atoms with Crippen LogP contribution in [0, 0.1) is 0 Å². The maximum atomic E-state index is 12.2. The number of halogens is 3. The zero-order valence-electron chi connectivity index (χ0n) is 14.5. The minimum Gasteiger partial charge on any atom is -0.433 e. The van der Waals surface area contributed by atoms with Crippen molar-refractivity contribution in [2.75, 3.05) is 5.32 Å². The fraction of sp³-hybridized carbons (Fsp3) is 0.211. The number of hydrogen-bond donors (Lipinski definition) is 2. The van der Waals surface area contributed by atoms with Crippen molar-refractivity contribution in [3.8, 4) is 5.75 Å². The normalized spacial score (nSPS) is 11.0. The van der Waals surface area contributed by atoms with E-state index >= 15 is 0 Å². The summed E-state index contributed by atoms with van der Waals surface area (Å²) in [4.78, 5) is 31.2. The number of para-hydroxylation sites is 1. The van der Waals surface area contributed by atoms with Gasteiger partial charge in [0.05, 0.1) is 15.9 Å². The lowest BCUT2D eigenvalue weighted by atomic mass is 10.2. The number of carbonyl (C=O) groups is 1. The average molecular weight is 408 g/mol. The molecule has 3 aromatic rings. The summed E-state index contributed by atoms with van der Waals surface area (Å²) in [5.41, 5.74) is 0.756. The van der Waals surface area contributed by atoms with E-state index in [4.69, 9.17) is 11.6 Å². The number of H-pyrrole nitrogens is 1. The molecular formula is C19H16ClF2N3O3. The molecule has 2 aromatic carbocycles. The zero-order chi connectivity index (χ0) is 20.1. The van der Waals surface area contributed by atoms with Crippen LogP contribution >= 0.6 is 11.6 Å². The number of rotatable bonds is 7. The largest absolute Gasteiger partial charge is 0.433 e. The summed E-state index contributed by atoms with van der Waals surface area (Å²) in [6.45, 7) is -2.98. The van der Waals surface area contributed by atoms with Crippen LogP contribution in [0.15, 0.2) is 47.3 Å². The molecular weight excluding hydrogens is 392 g/mol. The number of nitrogens with one attached hydrogen (secondary N) is 2. The zero-order valence-corrected chi connectivity index (χ0v) is 15.3. The van der Waals surface area contributed by atoms with Gasteiger partial charge in [0, 0.05) is 18.5 Å². The Kier molecular flexibility index (Phi) is 6.20. The summed E-state index contributed by atoms with van der Waals surface area (Å²) in [7, 11) is 0. The molecule has 9 heteroatoms. The number of ether oxygens (including phenoxy) is 1. The summed E-state index contributed by atoms with van der Waals surface area (Å²) in [5, 5.41) is 3.11. The van der Waals surface area contributed by atoms with Crippen LogP contribution in [-0.4, -0.2) is 22.5 Å². The summed E-state index contributed by atoms with van der Waals surface area (Å²) < 4.78 is 28.7. The standard InChI is InChI=1S/C19H16ClF2N3O3/c20-13-10-11(8-9-15(13)28-19(21)22)23-17(26)7-3-6-16-24-14-5-2-1-4-12(14)18(27)25-16/h1-2,4-5,8-10,19H,3,6-7H2,(H,23,26)(H,24,25,27). The fourth-order valence-electron chi connectivity index (χ4n) is 2.66. The van der Waals surface area contributed by atoms with Crippen LogP contribution in [0.4, 0.5) is 14.5 Å². The van der Waals surface area contributed by atoms with Crippen LogP contribution in [-0.2, 0) is 11.2 Å². The highest BCUT2D eigenvalue weighted by atomic mass is 35.5. The topological polar surface area (TPSA) is 84.1 Å². The van der Waals surface area contributed by atoms with Crippen LogP contribution in [0.1, 0.15) is 18.7 Å². The Balaban J connectivity index is 1.55. The molecule has 0 saturated carbocycles. The number of alkyl halides is 2. The van der Waals surface area contributed by atoms with E-state index in [-0.39, 0.29) is 28.7 Å². The number of amides is 1. The first-order valence-electron chi connectivity index (χ1n) is 8.44. The van der Waals surface area contributed by atoms with Crippen molar-refractivity contribution in [3.63, 3.8) is 0 Å². The summed E-state index contributed by atoms with van der Waals surface area (Å²) in [5.74, 6) is 0.0655. The Labute approximate surface area is 163 Å². The summed E-state index contributed by atoms with van der Waals surface area (Å²) in [6, 6.07) is 11.0. The molecule has 0 aliphatic heterocycles. The van der Waals surface area contributed by atoms with E-state index in [9.17, 15) is 18.4 Å². The van der Waals surface area contributed by atoms with Gasteiger partial charge in [-0.05, 0) is 36.8 Å². The van der Waals surface area contributed by atoms with Crippen LogP contribution in [0.5, 0.6) is 5.75 Å². The third kappa shape index (κ3) is 5.04. The molecule has 0 radical (unpaired) electrons. The Morgan fingerprint density at radius 2 is 2.04 bits per heavy atom. The van der Waals surface area contributed by atoms with Gasteiger partial charge in [-0.15, -0.1) is 0 Å². The van der Waals surface area contributed by atoms with E-state index in [0.29, 0.717) is 35.3 Å². The Morgan fingerprint density at radius 1 is 1.25 bits per heavy atom. The van der Waals surface area contributed by atoms with Crippen LogP contribution < -0.4 is 15.6 Å². The fourth-order valence-corrected chi connectivity index (χ4v) is 2.89. The molecule has 1 aromatic heterocycles. The Bertz CT molecular complexity index is 1060. The molecule has 0 fully saturated rings. The Hall–Kier alpha value is -3.00. The molecule has 0 spiro atoms. The van der Waals surface area contributed by atoms with Gasteiger partial charge >= 0.3 is 6.61 Å². The van der Waals surface area contributed by atoms with Gasteiger partial charge in [-0.3, -0.25) is 9.59 Å². The number of aromatic amines is 1. The quantitative estimate of drug-likeness (QED) is 0.616. The van der Waals surface area contributed by atoms with Crippen molar-refractivity contribution < 1.29 is 18.3 Å².